The minimum Gasteiger partial charge on any atom is -0.486 e. The van der Waals surface area contributed by atoms with Crippen LogP contribution in [0.25, 0.3) is 0 Å². The van der Waals surface area contributed by atoms with Crippen LogP contribution in [0.15, 0.2) is 41.3 Å². The minimum absolute atomic E-state index is 0.0153. The molecule has 2 fully saturated rings. The van der Waals surface area contributed by atoms with Gasteiger partial charge in [0.2, 0.25) is 0 Å². The minimum atomic E-state index is -0.102. The molecule has 24 heavy (non-hydrogen) atoms. The fraction of sp³-hybridized carbons (Fsp3) is 0.444. The maximum absolute atomic E-state index is 12.8. The molecule has 6 nitrogen and oxygen atoms in total. The number of hydrogen-bond acceptors (Lipinski definition) is 5. The topological polar surface area (TPSA) is 64.8 Å². The third kappa shape index (κ3) is 2.67. The molecule has 2 aromatic heterocycles. The summed E-state index contributed by atoms with van der Waals surface area (Å²) in [5.74, 6) is 1.41. The van der Waals surface area contributed by atoms with Crippen LogP contribution in [0.4, 0.5) is 0 Å². The lowest BCUT2D eigenvalue weighted by Gasteiger charge is -2.38. The van der Waals surface area contributed by atoms with Crippen molar-refractivity contribution in [2.45, 2.75) is 38.0 Å². The standard InChI is InChI=1S/C18H20N2O4/c1-12-14(6-9-22-12)18(21)20-8-10-23-17-15(20)4-5-16(17)24-13-3-2-7-19-11-13/h2-3,6-7,9,11,15-17H,4-5,8,10H2,1H3/t15-,16+,17+/m0/s1. The zero-order valence-corrected chi connectivity index (χ0v) is 13.6. The van der Waals surface area contributed by atoms with Crippen molar-refractivity contribution in [3.05, 3.63) is 48.2 Å². The molecule has 1 amide bonds. The number of pyridine rings is 1. The number of ether oxygens (including phenoxy) is 2. The van der Waals surface area contributed by atoms with Crippen LogP contribution in [0, 0.1) is 6.92 Å². The summed E-state index contributed by atoms with van der Waals surface area (Å²) in [5.41, 5.74) is 0.632. The Balaban J connectivity index is 1.50. The van der Waals surface area contributed by atoms with Crippen LogP contribution in [-0.2, 0) is 4.74 Å². The van der Waals surface area contributed by atoms with Crippen molar-refractivity contribution in [3.8, 4) is 5.75 Å². The van der Waals surface area contributed by atoms with Crippen LogP contribution in [0.5, 0.6) is 5.75 Å². The Kier molecular flexibility index (Phi) is 3.98. The number of furan rings is 1. The number of rotatable bonds is 3. The van der Waals surface area contributed by atoms with Crippen molar-refractivity contribution in [2.24, 2.45) is 0 Å². The van der Waals surface area contributed by atoms with E-state index in [0.29, 0.717) is 24.5 Å². The molecule has 1 saturated heterocycles. The smallest absolute Gasteiger partial charge is 0.257 e. The van der Waals surface area contributed by atoms with Gasteiger partial charge in [0.1, 0.15) is 23.7 Å². The first-order chi connectivity index (χ1) is 11.7. The zero-order valence-electron chi connectivity index (χ0n) is 13.6. The summed E-state index contributed by atoms with van der Waals surface area (Å²) in [6.07, 6.45) is 6.55. The Morgan fingerprint density at radius 2 is 2.29 bits per heavy atom. The fourth-order valence-electron chi connectivity index (χ4n) is 3.65. The van der Waals surface area contributed by atoms with E-state index in [2.05, 4.69) is 4.98 Å². The molecule has 0 unspecified atom stereocenters. The molecule has 3 atom stereocenters. The van der Waals surface area contributed by atoms with E-state index in [1.54, 1.807) is 24.7 Å². The first kappa shape index (κ1) is 15.2. The van der Waals surface area contributed by atoms with Crippen LogP contribution in [0.3, 0.4) is 0 Å². The van der Waals surface area contributed by atoms with Crippen LogP contribution in [0.1, 0.15) is 29.0 Å². The van der Waals surface area contributed by atoms with Crippen LogP contribution < -0.4 is 4.74 Å². The summed E-state index contributed by atoms with van der Waals surface area (Å²) in [7, 11) is 0. The Morgan fingerprint density at radius 1 is 1.38 bits per heavy atom. The molecule has 0 radical (unpaired) electrons. The van der Waals surface area contributed by atoms with Crippen molar-refractivity contribution in [1.29, 1.82) is 0 Å². The van der Waals surface area contributed by atoms with Crippen molar-refractivity contribution in [1.82, 2.24) is 9.88 Å². The molecule has 1 aliphatic heterocycles. The number of amides is 1. The lowest BCUT2D eigenvalue weighted by atomic mass is 10.1. The molecule has 0 bridgehead atoms. The van der Waals surface area contributed by atoms with E-state index in [-0.39, 0.29) is 24.2 Å². The van der Waals surface area contributed by atoms with Crippen LogP contribution in [0.2, 0.25) is 0 Å². The van der Waals surface area contributed by atoms with Gasteiger partial charge in [0, 0.05) is 12.7 Å². The highest BCUT2D eigenvalue weighted by atomic mass is 16.5. The molecular formula is C18H20N2O4. The van der Waals surface area contributed by atoms with Crippen molar-refractivity contribution < 1.29 is 18.7 Å². The monoisotopic (exact) mass is 328 g/mol. The van der Waals surface area contributed by atoms with Gasteiger partial charge >= 0.3 is 0 Å². The average Bonchev–Trinajstić information content (AvgIpc) is 3.22. The molecule has 0 N–H and O–H groups in total. The maximum atomic E-state index is 12.8. The van der Waals surface area contributed by atoms with Gasteiger partial charge in [0.15, 0.2) is 0 Å². The fourth-order valence-corrected chi connectivity index (χ4v) is 3.65. The van der Waals surface area contributed by atoms with Gasteiger partial charge in [-0.2, -0.15) is 0 Å². The highest BCUT2D eigenvalue weighted by Gasteiger charge is 2.46. The normalized spacial score (nSPS) is 26.2. The van der Waals surface area contributed by atoms with E-state index in [0.717, 1.165) is 18.6 Å². The molecule has 2 aromatic rings. The van der Waals surface area contributed by atoms with E-state index in [1.165, 1.54) is 0 Å². The molecule has 6 heteroatoms. The van der Waals surface area contributed by atoms with Crippen molar-refractivity contribution in [3.63, 3.8) is 0 Å². The summed E-state index contributed by atoms with van der Waals surface area (Å²) in [6.45, 7) is 2.94. The third-order valence-electron chi connectivity index (χ3n) is 4.81. The third-order valence-corrected chi connectivity index (χ3v) is 4.81. The summed E-state index contributed by atoms with van der Waals surface area (Å²) in [6, 6.07) is 5.52. The summed E-state index contributed by atoms with van der Waals surface area (Å²) in [5, 5.41) is 0. The predicted octanol–water partition coefficient (Wildman–Crippen LogP) is 2.43. The second-order valence-corrected chi connectivity index (χ2v) is 6.21. The van der Waals surface area contributed by atoms with Gasteiger partial charge in [-0.1, -0.05) is 0 Å². The molecule has 1 saturated carbocycles. The van der Waals surface area contributed by atoms with E-state index < -0.39 is 0 Å². The van der Waals surface area contributed by atoms with E-state index in [9.17, 15) is 4.79 Å². The van der Waals surface area contributed by atoms with E-state index >= 15 is 0 Å². The van der Waals surface area contributed by atoms with Gasteiger partial charge in [-0.05, 0) is 38.0 Å². The Hall–Kier alpha value is -2.34. The van der Waals surface area contributed by atoms with Gasteiger partial charge in [-0.3, -0.25) is 9.78 Å². The van der Waals surface area contributed by atoms with Crippen molar-refractivity contribution >= 4 is 5.91 Å². The Labute approximate surface area is 140 Å². The van der Waals surface area contributed by atoms with Gasteiger partial charge in [0.25, 0.3) is 5.91 Å². The number of nitrogens with zero attached hydrogens (tertiary/aromatic N) is 2. The summed E-state index contributed by atoms with van der Waals surface area (Å²) >= 11 is 0. The number of hydrogen-bond donors (Lipinski definition) is 0. The number of aromatic nitrogens is 1. The number of aryl methyl sites for hydroxylation is 1. The molecule has 3 heterocycles. The molecule has 4 rings (SSSR count). The molecule has 0 aromatic carbocycles. The maximum Gasteiger partial charge on any atom is 0.257 e. The Bertz CT molecular complexity index is 715. The zero-order chi connectivity index (χ0) is 16.5. The Morgan fingerprint density at radius 3 is 3.04 bits per heavy atom. The second-order valence-electron chi connectivity index (χ2n) is 6.21. The number of fused-ring (bicyclic) bond motifs is 1. The summed E-state index contributed by atoms with van der Waals surface area (Å²) in [4.78, 5) is 18.8. The van der Waals surface area contributed by atoms with E-state index in [4.69, 9.17) is 13.9 Å². The molecule has 1 aliphatic carbocycles. The SMILES string of the molecule is Cc1occc1C(=O)N1CCO[C@H]2[C@H](Oc3cccnc3)CC[C@@H]21. The largest absolute Gasteiger partial charge is 0.486 e. The molecule has 126 valence electrons. The highest BCUT2D eigenvalue weighted by Crippen LogP contribution is 2.34. The van der Waals surface area contributed by atoms with Gasteiger partial charge in [0.05, 0.1) is 30.7 Å². The van der Waals surface area contributed by atoms with Crippen LogP contribution >= 0.6 is 0 Å². The second kappa shape index (κ2) is 6.28. The quantitative estimate of drug-likeness (QED) is 0.866. The molecule has 0 spiro atoms. The molecular weight excluding hydrogens is 308 g/mol. The van der Waals surface area contributed by atoms with Crippen LogP contribution in [-0.4, -0.2) is 47.2 Å². The number of carbonyl (C=O) groups excluding carboxylic acids is 1. The first-order valence-electron chi connectivity index (χ1n) is 8.27. The van der Waals surface area contributed by atoms with Gasteiger partial charge < -0.3 is 18.8 Å². The highest BCUT2D eigenvalue weighted by molar-refractivity contribution is 5.95. The van der Waals surface area contributed by atoms with E-state index in [1.807, 2.05) is 24.0 Å². The van der Waals surface area contributed by atoms with Gasteiger partial charge in [-0.15, -0.1) is 0 Å². The number of morpholine rings is 1. The van der Waals surface area contributed by atoms with Gasteiger partial charge in [-0.25, -0.2) is 0 Å². The number of carbonyl (C=O) groups is 1. The molecule has 2 aliphatic rings. The lowest BCUT2D eigenvalue weighted by molar-refractivity contribution is -0.0787. The lowest BCUT2D eigenvalue weighted by Crippen LogP contribution is -2.54. The van der Waals surface area contributed by atoms with Crippen molar-refractivity contribution in [2.75, 3.05) is 13.2 Å². The average molecular weight is 328 g/mol. The first-order valence-corrected chi connectivity index (χ1v) is 8.27. The summed E-state index contributed by atoms with van der Waals surface area (Å²) < 4.78 is 17.3. The predicted molar refractivity (Wildman–Crippen MR) is 85.9 cm³/mol.